The highest BCUT2D eigenvalue weighted by molar-refractivity contribution is 5.28. The third kappa shape index (κ3) is 14.0. The van der Waals surface area contributed by atoms with Gasteiger partial charge in [0.25, 0.3) is 0 Å². The molecule has 4 aromatic rings. The summed E-state index contributed by atoms with van der Waals surface area (Å²) in [7, 11) is 0. The quantitative estimate of drug-likeness (QED) is 0.179. The fourth-order valence-electron chi connectivity index (χ4n) is 8.83. The monoisotopic (exact) mass is 794 g/mol. The molecule has 3 atom stereocenters. The molecule has 0 spiro atoms. The Morgan fingerprint density at radius 2 is 0.828 bits per heavy atom. The normalized spacial score (nSPS) is 28.2. The van der Waals surface area contributed by atoms with Crippen LogP contribution in [-0.4, -0.2) is 107 Å². The molecule has 0 saturated carbocycles. The van der Waals surface area contributed by atoms with Crippen molar-refractivity contribution in [3.63, 3.8) is 0 Å². The van der Waals surface area contributed by atoms with Crippen LogP contribution >= 0.6 is 0 Å². The molecule has 9 fully saturated rings. The summed E-state index contributed by atoms with van der Waals surface area (Å²) < 4.78 is 12.2. The predicted octanol–water partition coefficient (Wildman–Crippen LogP) is 8.94. The number of ether oxygens (including phenoxy) is 2. The highest BCUT2D eigenvalue weighted by Gasteiger charge is 2.36. The maximum absolute atomic E-state index is 9.36. The molecule has 9 aliphatic heterocycles. The van der Waals surface area contributed by atoms with Gasteiger partial charge in [0.05, 0.1) is 6.10 Å². The average Bonchev–Trinajstić information content (AvgIpc) is 3.27. The topological polar surface area (TPSA) is 88.9 Å². The first-order valence-corrected chi connectivity index (χ1v) is 21.7. The lowest BCUT2D eigenvalue weighted by atomic mass is 9.86. The van der Waals surface area contributed by atoms with Crippen molar-refractivity contribution >= 4 is 0 Å². The van der Waals surface area contributed by atoms with Crippen LogP contribution in [0.3, 0.4) is 0 Å². The second-order valence-electron chi connectivity index (χ2n) is 16.5. The summed E-state index contributed by atoms with van der Waals surface area (Å²) in [4.78, 5) is 7.41. The van der Waals surface area contributed by atoms with Crippen molar-refractivity contribution in [2.75, 3.05) is 58.9 Å². The Labute approximate surface area is 349 Å². The van der Waals surface area contributed by atoms with E-state index in [1.807, 2.05) is 36.4 Å². The van der Waals surface area contributed by atoms with Gasteiger partial charge in [0.15, 0.2) is 0 Å². The second-order valence-corrected chi connectivity index (χ2v) is 16.5. The van der Waals surface area contributed by atoms with Crippen LogP contribution in [0.5, 0.6) is 23.0 Å². The van der Waals surface area contributed by atoms with E-state index < -0.39 is 0 Å². The average molecular weight is 794 g/mol. The van der Waals surface area contributed by atoms with E-state index in [1.165, 1.54) is 88.9 Å². The zero-order valence-corrected chi connectivity index (χ0v) is 34.4. The molecule has 9 aliphatic rings. The van der Waals surface area contributed by atoms with Gasteiger partial charge in [-0.25, -0.2) is 0 Å². The number of piperidine rings is 9. The van der Waals surface area contributed by atoms with Crippen molar-refractivity contribution < 1.29 is 24.8 Å². The smallest absolute Gasteiger partial charge is 0.119 e. The van der Waals surface area contributed by atoms with Crippen LogP contribution in [0.15, 0.2) is 109 Å². The van der Waals surface area contributed by atoms with Crippen molar-refractivity contribution in [1.29, 1.82) is 0 Å². The lowest BCUT2D eigenvalue weighted by Gasteiger charge is -2.44. The molecule has 3 N–H and O–H groups in total. The molecule has 9 heterocycles. The van der Waals surface area contributed by atoms with Crippen molar-refractivity contribution in [2.45, 2.75) is 91.0 Å². The minimum absolute atomic E-state index is 0. The molecular formula is C50H71N3O5. The van der Waals surface area contributed by atoms with E-state index in [0.29, 0.717) is 29.6 Å². The van der Waals surface area contributed by atoms with Crippen molar-refractivity contribution in [3.8, 4) is 23.0 Å². The zero-order chi connectivity index (χ0) is 39.8. The fourth-order valence-corrected chi connectivity index (χ4v) is 8.83. The maximum atomic E-state index is 9.36. The summed E-state index contributed by atoms with van der Waals surface area (Å²) in [5.41, 5.74) is 2.64. The summed E-state index contributed by atoms with van der Waals surface area (Å²) >= 11 is 0. The molecule has 8 nitrogen and oxygen atoms in total. The molecule has 9 saturated heterocycles. The number of phenolic OH excluding ortho intramolecular Hbond substituents is 2. The minimum atomic E-state index is -0.00694. The molecule has 316 valence electrons. The zero-order valence-electron chi connectivity index (χ0n) is 34.4. The maximum Gasteiger partial charge on any atom is 0.119 e. The van der Waals surface area contributed by atoms with Crippen LogP contribution in [-0.2, 0) is 12.8 Å². The first kappa shape index (κ1) is 45.0. The Morgan fingerprint density at radius 3 is 1.14 bits per heavy atom. The molecular weight excluding hydrogens is 723 g/mol. The van der Waals surface area contributed by atoms with Gasteiger partial charge in [-0.3, -0.25) is 9.80 Å². The summed E-state index contributed by atoms with van der Waals surface area (Å²) in [5, 5.41) is 26.8. The molecule has 13 rings (SSSR count). The molecule has 0 aliphatic carbocycles. The SMILES string of the molecule is C.CCc1ccc(O)cc1.CCc1ccc(OC2CN3CCC2CC3)cc1.O[C@@H]1CN2CCC1CC2.Oc1ccccc1.c1ccc(O[C@H]2CN3CCC2CC3)cc1. The Bertz CT molecular complexity index is 1670. The van der Waals surface area contributed by atoms with Crippen LogP contribution in [0.1, 0.15) is 70.9 Å². The predicted molar refractivity (Wildman–Crippen MR) is 237 cm³/mol. The van der Waals surface area contributed by atoms with Crippen LogP contribution in [0.4, 0.5) is 0 Å². The van der Waals surface area contributed by atoms with Gasteiger partial charge in [-0.2, -0.15) is 0 Å². The number of aromatic hydroxyl groups is 2. The van der Waals surface area contributed by atoms with Gasteiger partial charge in [0.1, 0.15) is 35.2 Å². The third-order valence-electron chi connectivity index (χ3n) is 12.6. The number of hydrogen-bond acceptors (Lipinski definition) is 8. The number of aliphatic hydroxyl groups is 1. The summed E-state index contributed by atoms with van der Waals surface area (Å²) in [6.45, 7) is 15.0. The number of nitrogens with zero attached hydrogens (tertiary/aromatic N) is 3. The number of para-hydroxylation sites is 2. The van der Waals surface area contributed by atoms with Gasteiger partial charge in [-0.15, -0.1) is 0 Å². The molecule has 1 unspecified atom stereocenters. The van der Waals surface area contributed by atoms with Gasteiger partial charge in [-0.1, -0.05) is 81.9 Å². The molecule has 0 aromatic heterocycles. The highest BCUT2D eigenvalue weighted by atomic mass is 16.5. The molecule has 0 amide bonds. The molecule has 6 bridgehead atoms. The number of benzene rings is 4. The lowest BCUT2D eigenvalue weighted by Crippen LogP contribution is -2.52. The van der Waals surface area contributed by atoms with Crippen molar-refractivity contribution in [3.05, 3.63) is 120 Å². The van der Waals surface area contributed by atoms with Crippen LogP contribution in [0.25, 0.3) is 0 Å². The fraction of sp³-hybridized carbons (Fsp3) is 0.520. The standard InChI is InChI=1S/C15H21NO.C13H17NO.C8H10O.C7H13NO.C6H6O.CH4/c1-2-12-3-5-14(6-4-12)17-15-11-16-9-7-13(15)8-10-16;1-2-4-12(5-3-1)15-13-10-14-8-6-11(13)7-9-14;1-2-7-3-5-8(9)6-4-7;9-7-5-8-3-1-6(7)2-4-8;7-6-4-2-1-3-5-6;/h3-6,13,15H,2,7-11H2,1H3;1-5,11,13H,6-10H2;3-6,9H,2H2,1H3;6-7,9H,1-5H2;1-5,7H;1H4/t;13-;;7-;;/m.0.1../s1. The van der Waals surface area contributed by atoms with Crippen molar-refractivity contribution in [1.82, 2.24) is 14.7 Å². The number of fused-ring (bicyclic) bond motifs is 9. The van der Waals surface area contributed by atoms with Crippen LogP contribution in [0, 0.1) is 17.8 Å². The van der Waals surface area contributed by atoms with Gasteiger partial charge < -0.3 is 29.7 Å². The minimum Gasteiger partial charge on any atom is -0.508 e. The van der Waals surface area contributed by atoms with Crippen molar-refractivity contribution in [2.24, 2.45) is 17.8 Å². The Kier molecular flexibility index (Phi) is 18.2. The van der Waals surface area contributed by atoms with Gasteiger partial charge in [0.2, 0.25) is 0 Å². The largest absolute Gasteiger partial charge is 0.508 e. The Hall–Kier alpha value is -4.08. The van der Waals surface area contributed by atoms with E-state index in [9.17, 15) is 5.11 Å². The molecule has 8 heteroatoms. The summed E-state index contributed by atoms with van der Waals surface area (Å²) in [5.74, 6) is 4.93. The molecule has 0 radical (unpaired) electrons. The number of rotatable bonds is 6. The van der Waals surface area contributed by atoms with E-state index >= 15 is 0 Å². The van der Waals surface area contributed by atoms with E-state index in [4.69, 9.17) is 19.7 Å². The van der Waals surface area contributed by atoms with E-state index in [0.717, 1.165) is 55.8 Å². The Morgan fingerprint density at radius 1 is 0.466 bits per heavy atom. The van der Waals surface area contributed by atoms with E-state index in [-0.39, 0.29) is 13.5 Å². The van der Waals surface area contributed by atoms with Gasteiger partial charge in [-0.05, 0) is 168 Å². The van der Waals surface area contributed by atoms with Crippen LogP contribution in [0.2, 0.25) is 0 Å². The van der Waals surface area contributed by atoms with E-state index in [1.54, 1.807) is 36.4 Å². The van der Waals surface area contributed by atoms with Crippen LogP contribution < -0.4 is 9.47 Å². The number of hydrogen-bond donors (Lipinski definition) is 3. The summed E-state index contributed by atoms with van der Waals surface area (Å²) in [6.07, 6.45) is 10.7. The first-order chi connectivity index (χ1) is 27.8. The number of phenols is 2. The molecule has 58 heavy (non-hydrogen) atoms. The third-order valence-corrected chi connectivity index (χ3v) is 12.6. The number of aryl methyl sites for hydroxylation is 2. The lowest BCUT2D eigenvalue weighted by molar-refractivity contribution is -0.0227. The van der Waals surface area contributed by atoms with Gasteiger partial charge in [0, 0.05) is 19.6 Å². The summed E-state index contributed by atoms with van der Waals surface area (Å²) in [6, 6.07) is 34.8. The molecule has 4 aromatic carbocycles. The van der Waals surface area contributed by atoms with Gasteiger partial charge >= 0.3 is 0 Å². The van der Waals surface area contributed by atoms with E-state index in [2.05, 4.69) is 64.9 Å². The first-order valence-electron chi connectivity index (χ1n) is 21.7. The Balaban J connectivity index is 0.000000143. The highest BCUT2D eigenvalue weighted by Crippen LogP contribution is 2.32. The number of aliphatic hydroxyl groups excluding tert-OH is 1. The second kappa shape index (κ2) is 23.5.